The molecule has 0 spiro atoms. The minimum Gasteiger partial charge on any atom is -0.315 e. The van der Waals surface area contributed by atoms with Gasteiger partial charge in [-0.25, -0.2) is 9.59 Å². The van der Waals surface area contributed by atoms with Gasteiger partial charge in [-0.2, -0.15) is 9.13 Å². The van der Waals surface area contributed by atoms with E-state index in [4.69, 9.17) is 0 Å². The number of carbonyl (C=O) groups excluding carboxylic acids is 2. The van der Waals surface area contributed by atoms with E-state index < -0.39 is 0 Å². The van der Waals surface area contributed by atoms with Crippen LogP contribution in [0.3, 0.4) is 0 Å². The predicted molar refractivity (Wildman–Crippen MR) is 78.8 cm³/mol. The Morgan fingerprint density at radius 2 is 1.39 bits per heavy atom. The summed E-state index contributed by atoms with van der Waals surface area (Å²) in [5.74, 6) is 0. The molecule has 23 heavy (non-hydrogen) atoms. The van der Waals surface area contributed by atoms with E-state index in [0.29, 0.717) is 6.67 Å². The molecule has 0 fully saturated rings. The van der Waals surface area contributed by atoms with Crippen LogP contribution in [0.5, 0.6) is 0 Å². The van der Waals surface area contributed by atoms with E-state index >= 15 is 0 Å². The maximum atomic E-state index is 12.0. The highest BCUT2D eigenvalue weighted by Crippen LogP contribution is 2.09. The average molecular weight is 316 g/mol. The molecule has 4 heterocycles. The lowest BCUT2D eigenvalue weighted by Crippen LogP contribution is -2.50. The molecule has 0 aromatic carbocycles. The molecule has 4 rings (SSSR count). The molecule has 2 unspecified atom stereocenters. The zero-order valence-electron chi connectivity index (χ0n) is 13.2. The number of aromatic nitrogens is 4. The fourth-order valence-electron chi connectivity index (χ4n) is 3.32. The number of nitrogens with one attached hydrogen (secondary N) is 2. The zero-order chi connectivity index (χ0) is 16.1. The Bertz CT molecular complexity index is 739. The second-order valence-corrected chi connectivity index (χ2v) is 6.49. The van der Waals surface area contributed by atoms with Crippen molar-refractivity contribution in [3.05, 3.63) is 36.4 Å². The first-order valence-corrected chi connectivity index (χ1v) is 7.82. The van der Waals surface area contributed by atoms with Gasteiger partial charge < -0.3 is 10.6 Å². The van der Waals surface area contributed by atoms with Crippen LogP contribution in [0.15, 0.2) is 25.0 Å². The van der Waals surface area contributed by atoms with E-state index in [-0.39, 0.29) is 24.1 Å². The van der Waals surface area contributed by atoms with Crippen LogP contribution >= 0.6 is 0 Å². The van der Waals surface area contributed by atoms with Crippen LogP contribution < -0.4 is 19.8 Å². The molecular formula is C15H20N6O2+2. The third-order valence-corrected chi connectivity index (χ3v) is 4.31. The molecular weight excluding hydrogens is 296 g/mol. The second kappa shape index (κ2) is 4.94. The number of carbonyl (C=O) groups is 2. The molecule has 0 bridgehead atoms. The van der Waals surface area contributed by atoms with Crippen molar-refractivity contribution >= 4 is 12.1 Å². The number of nitrogens with zero attached hydrogens (tertiary/aromatic N) is 4. The third-order valence-electron chi connectivity index (χ3n) is 4.31. The molecule has 2 amide bonds. The molecule has 2 aromatic rings. The van der Waals surface area contributed by atoms with Crippen molar-refractivity contribution in [1.29, 1.82) is 0 Å². The topological polar surface area (TPSA) is 75.8 Å². The Morgan fingerprint density at radius 1 is 0.957 bits per heavy atom. The van der Waals surface area contributed by atoms with Crippen molar-refractivity contribution in [1.82, 2.24) is 19.8 Å². The largest absolute Gasteiger partial charge is 0.413 e. The molecule has 2 aromatic heterocycles. The summed E-state index contributed by atoms with van der Waals surface area (Å²) in [6, 6.07) is 0.120. The molecule has 120 valence electrons. The van der Waals surface area contributed by atoms with E-state index in [0.717, 1.165) is 24.2 Å². The van der Waals surface area contributed by atoms with E-state index in [1.807, 2.05) is 35.4 Å². The maximum absolute atomic E-state index is 12.0. The van der Waals surface area contributed by atoms with Gasteiger partial charge >= 0.3 is 12.1 Å². The van der Waals surface area contributed by atoms with Gasteiger partial charge in [-0.1, -0.05) is 0 Å². The highest BCUT2D eigenvalue weighted by molar-refractivity contribution is 5.79. The lowest BCUT2D eigenvalue weighted by molar-refractivity contribution is -0.912. The van der Waals surface area contributed by atoms with Crippen molar-refractivity contribution in [2.24, 2.45) is 0 Å². The Hall–Kier alpha value is -2.64. The minimum atomic E-state index is -0.0909. The van der Waals surface area contributed by atoms with Crippen molar-refractivity contribution < 1.29 is 18.7 Å². The van der Waals surface area contributed by atoms with Gasteiger partial charge in [-0.15, -0.1) is 9.13 Å². The molecule has 0 saturated carbocycles. The van der Waals surface area contributed by atoms with Gasteiger partial charge in [0.25, 0.3) is 12.7 Å². The molecule has 0 radical (unpaired) electrons. The Morgan fingerprint density at radius 3 is 1.83 bits per heavy atom. The smallest absolute Gasteiger partial charge is 0.315 e. The molecule has 2 atom stereocenters. The van der Waals surface area contributed by atoms with Crippen LogP contribution in [0.2, 0.25) is 0 Å². The number of hydrogen-bond donors (Lipinski definition) is 2. The monoisotopic (exact) mass is 316 g/mol. The summed E-state index contributed by atoms with van der Waals surface area (Å²) in [5, 5.41) is 5.82. The Labute approximate surface area is 133 Å². The maximum Gasteiger partial charge on any atom is 0.413 e. The third kappa shape index (κ3) is 2.39. The van der Waals surface area contributed by atoms with Crippen LogP contribution in [0, 0.1) is 0 Å². The second-order valence-electron chi connectivity index (χ2n) is 6.49. The van der Waals surface area contributed by atoms with Crippen LogP contribution in [-0.2, 0) is 19.5 Å². The van der Waals surface area contributed by atoms with E-state index in [1.54, 1.807) is 21.8 Å². The summed E-state index contributed by atoms with van der Waals surface area (Å²) in [5.41, 5.74) is 1.99. The fraction of sp³-hybridized carbons (Fsp3) is 0.467. The SMILES string of the molecule is CC1Cc2c[n+](C[n+]3cc4n(c3)C(=O)NC(C)C4)cn2C(=O)N1. The predicted octanol–water partition coefficient (Wildman–Crippen LogP) is -0.625. The molecule has 8 heteroatoms. The molecule has 2 aliphatic heterocycles. The van der Waals surface area contributed by atoms with E-state index in [9.17, 15) is 9.59 Å². The lowest BCUT2D eigenvalue weighted by atomic mass is 10.1. The van der Waals surface area contributed by atoms with Gasteiger partial charge in [-0.05, 0) is 13.8 Å². The number of fused-ring (bicyclic) bond motifs is 2. The Kier molecular flexibility index (Phi) is 3.00. The van der Waals surface area contributed by atoms with Crippen LogP contribution in [0.1, 0.15) is 25.2 Å². The number of amides is 2. The summed E-state index contributed by atoms with van der Waals surface area (Å²) in [7, 11) is 0. The first-order valence-electron chi connectivity index (χ1n) is 7.82. The summed E-state index contributed by atoms with van der Waals surface area (Å²) in [4.78, 5) is 23.9. The summed E-state index contributed by atoms with van der Waals surface area (Å²) in [6.07, 6.45) is 9.19. The summed E-state index contributed by atoms with van der Waals surface area (Å²) in [6.45, 7) is 4.55. The van der Waals surface area contributed by atoms with Gasteiger partial charge in [0, 0.05) is 24.9 Å². The van der Waals surface area contributed by atoms with Crippen molar-refractivity contribution in [3.8, 4) is 0 Å². The van der Waals surface area contributed by atoms with Crippen LogP contribution in [-0.4, -0.2) is 33.3 Å². The number of rotatable bonds is 2. The lowest BCUT2D eigenvalue weighted by Gasteiger charge is -2.15. The van der Waals surface area contributed by atoms with Gasteiger partial charge in [0.1, 0.15) is 12.4 Å². The molecule has 2 aliphatic rings. The van der Waals surface area contributed by atoms with Gasteiger partial charge in [0.05, 0.1) is 0 Å². The number of imidazole rings is 2. The highest BCUT2D eigenvalue weighted by atomic mass is 16.2. The summed E-state index contributed by atoms with van der Waals surface area (Å²) < 4.78 is 7.21. The fourth-order valence-corrected chi connectivity index (χ4v) is 3.32. The Balaban J connectivity index is 1.60. The van der Waals surface area contributed by atoms with E-state index in [1.165, 1.54) is 0 Å². The highest BCUT2D eigenvalue weighted by Gasteiger charge is 2.31. The van der Waals surface area contributed by atoms with E-state index in [2.05, 4.69) is 10.6 Å². The number of hydrogen-bond acceptors (Lipinski definition) is 2. The van der Waals surface area contributed by atoms with Crippen molar-refractivity contribution in [2.45, 2.75) is 45.4 Å². The van der Waals surface area contributed by atoms with Gasteiger partial charge in [-0.3, -0.25) is 0 Å². The first-order chi connectivity index (χ1) is 11.0. The standard InChI is InChI=1S/C15H18N6O2/c1-10-3-12-5-18(8-20(12)14(22)16-10)7-19-6-13-4-11(2)17-15(23)21(13)9-19/h5-6,8-11H,3-4,7H2,1-2H3/p+2. The molecule has 0 aliphatic carbocycles. The van der Waals surface area contributed by atoms with Gasteiger partial charge in [0.2, 0.25) is 6.67 Å². The van der Waals surface area contributed by atoms with Crippen LogP contribution in [0.4, 0.5) is 9.59 Å². The molecule has 8 nitrogen and oxygen atoms in total. The quantitative estimate of drug-likeness (QED) is 0.724. The van der Waals surface area contributed by atoms with Crippen molar-refractivity contribution in [2.75, 3.05) is 0 Å². The van der Waals surface area contributed by atoms with Gasteiger partial charge in [0.15, 0.2) is 11.4 Å². The van der Waals surface area contributed by atoms with Crippen LogP contribution in [0.25, 0.3) is 0 Å². The summed E-state index contributed by atoms with van der Waals surface area (Å²) >= 11 is 0. The minimum absolute atomic E-state index is 0.0909. The average Bonchev–Trinajstić information content (AvgIpc) is 3.02. The molecule has 2 N–H and O–H groups in total. The first kappa shape index (κ1) is 14.0. The zero-order valence-corrected chi connectivity index (χ0v) is 13.2. The molecule has 0 saturated heterocycles. The van der Waals surface area contributed by atoms with Crippen molar-refractivity contribution in [3.63, 3.8) is 0 Å². The normalized spacial score (nSPS) is 23.0.